The molecule has 144 valence electrons. The van der Waals surface area contributed by atoms with E-state index in [1.54, 1.807) is 23.5 Å². The molecular formula is C23H18N2O3S. The summed E-state index contributed by atoms with van der Waals surface area (Å²) in [6.07, 6.45) is 0. The Kier molecular flexibility index (Phi) is 5.35. The number of benzene rings is 2. The van der Waals surface area contributed by atoms with Crippen LogP contribution in [-0.4, -0.2) is 23.5 Å². The largest absolute Gasteiger partial charge is 0.452 e. The normalized spacial score (nSPS) is 10.7. The molecule has 1 N–H and O–H groups in total. The Bertz CT molecular complexity index is 1190. The molecule has 2 heterocycles. The lowest BCUT2D eigenvalue weighted by Gasteiger charge is -2.10. The second kappa shape index (κ2) is 8.24. The van der Waals surface area contributed by atoms with E-state index in [-0.39, 0.29) is 12.5 Å². The predicted molar refractivity (Wildman–Crippen MR) is 115 cm³/mol. The summed E-state index contributed by atoms with van der Waals surface area (Å²) in [5, 5.41) is 5.41. The minimum absolute atomic E-state index is 0.363. The molecule has 0 radical (unpaired) electrons. The lowest BCUT2D eigenvalue weighted by molar-refractivity contribution is -0.119. The fraction of sp³-hybridized carbons (Fsp3) is 0.0870. The van der Waals surface area contributed by atoms with Crippen LogP contribution in [0.3, 0.4) is 0 Å². The quantitative estimate of drug-likeness (QED) is 0.474. The molecule has 1 amide bonds. The minimum Gasteiger partial charge on any atom is -0.452 e. The third-order valence-electron chi connectivity index (χ3n) is 4.46. The molecule has 29 heavy (non-hydrogen) atoms. The molecule has 4 rings (SSSR count). The van der Waals surface area contributed by atoms with Gasteiger partial charge in [0.15, 0.2) is 6.61 Å². The molecule has 0 atom stereocenters. The van der Waals surface area contributed by atoms with E-state index in [4.69, 9.17) is 4.74 Å². The van der Waals surface area contributed by atoms with Crippen LogP contribution >= 0.6 is 11.3 Å². The summed E-state index contributed by atoms with van der Waals surface area (Å²) in [4.78, 5) is 30.6. The van der Waals surface area contributed by atoms with Crippen molar-refractivity contribution in [1.82, 2.24) is 4.98 Å². The molecular weight excluding hydrogens is 384 g/mol. The number of pyridine rings is 1. The van der Waals surface area contributed by atoms with Crippen LogP contribution in [0.4, 0.5) is 5.69 Å². The fourth-order valence-electron chi connectivity index (χ4n) is 3.00. The molecule has 6 heteroatoms. The Labute approximate surface area is 172 Å². The molecule has 0 spiro atoms. The lowest BCUT2D eigenvalue weighted by Crippen LogP contribution is -2.21. The average molecular weight is 402 g/mol. The predicted octanol–water partition coefficient (Wildman–Crippen LogP) is 5.07. The van der Waals surface area contributed by atoms with Gasteiger partial charge in [-0.3, -0.25) is 4.79 Å². The first kappa shape index (κ1) is 18.8. The molecule has 0 bridgehead atoms. The molecule has 0 aliphatic rings. The SMILES string of the molecule is Cc1ccccc1NC(=O)COC(=O)c1cc(-c2cccs2)nc2ccccc12. The van der Waals surface area contributed by atoms with E-state index in [0.29, 0.717) is 27.8 Å². The van der Waals surface area contributed by atoms with Crippen molar-refractivity contribution in [2.75, 3.05) is 11.9 Å². The van der Waals surface area contributed by atoms with Crippen molar-refractivity contribution in [3.8, 4) is 10.6 Å². The molecule has 0 unspecified atom stereocenters. The molecule has 0 saturated carbocycles. The maximum atomic E-state index is 12.8. The van der Waals surface area contributed by atoms with Crippen molar-refractivity contribution in [1.29, 1.82) is 0 Å². The van der Waals surface area contributed by atoms with Gasteiger partial charge in [-0.2, -0.15) is 0 Å². The average Bonchev–Trinajstić information content (AvgIpc) is 3.28. The van der Waals surface area contributed by atoms with Crippen molar-refractivity contribution in [3.63, 3.8) is 0 Å². The van der Waals surface area contributed by atoms with Gasteiger partial charge >= 0.3 is 5.97 Å². The topological polar surface area (TPSA) is 68.3 Å². The first-order valence-electron chi connectivity index (χ1n) is 9.08. The second-order valence-corrected chi connectivity index (χ2v) is 7.44. The first-order valence-corrected chi connectivity index (χ1v) is 9.96. The smallest absolute Gasteiger partial charge is 0.339 e. The van der Waals surface area contributed by atoms with Crippen molar-refractivity contribution in [2.24, 2.45) is 0 Å². The molecule has 4 aromatic rings. The molecule has 0 aliphatic heterocycles. The lowest BCUT2D eigenvalue weighted by atomic mass is 10.1. The first-order chi connectivity index (χ1) is 14.1. The number of carbonyl (C=O) groups excluding carboxylic acids is 2. The zero-order valence-electron chi connectivity index (χ0n) is 15.7. The second-order valence-electron chi connectivity index (χ2n) is 6.49. The number of nitrogens with zero attached hydrogens (tertiary/aromatic N) is 1. The number of thiophene rings is 1. The van der Waals surface area contributed by atoms with E-state index >= 15 is 0 Å². The van der Waals surface area contributed by atoms with Crippen molar-refractivity contribution in [3.05, 3.63) is 83.2 Å². The van der Waals surface area contributed by atoms with Crippen LogP contribution in [0.25, 0.3) is 21.5 Å². The van der Waals surface area contributed by atoms with E-state index in [1.807, 2.05) is 66.9 Å². The number of rotatable bonds is 5. The third-order valence-corrected chi connectivity index (χ3v) is 5.36. The number of aryl methyl sites for hydroxylation is 1. The van der Waals surface area contributed by atoms with Crippen LogP contribution in [0.5, 0.6) is 0 Å². The van der Waals surface area contributed by atoms with Gasteiger partial charge in [0.1, 0.15) is 0 Å². The molecule has 2 aromatic heterocycles. The van der Waals surface area contributed by atoms with Gasteiger partial charge in [0.25, 0.3) is 5.91 Å². The van der Waals surface area contributed by atoms with E-state index in [1.165, 1.54) is 0 Å². The number of esters is 1. The van der Waals surface area contributed by atoms with E-state index in [9.17, 15) is 9.59 Å². The number of amides is 1. The highest BCUT2D eigenvalue weighted by Crippen LogP contribution is 2.28. The highest BCUT2D eigenvalue weighted by Gasteiger charge is 2.17. The number of hydrogen-bond acceptors (Lipinski definition) is 5. The van der Waals surface area contributed by atoms with Crippen LogP contribution in [0.15, 0.2) is 72.1 Å². The Morgan fingerprint density at radius 1 is 1.03 bits per heavy atom. The Morgan fingerprint density at radius 3 is 2.62 bits per heavy atom. The number of para-hydroxylation sites is 2. The summed E-state index contributed by atoms with van der Waals surface area (Å²) < 4.78 is 5.31. The Hall–Kier alpha value is -3.51. The van der Waals surface area contributed by atoms with E-state index in [2.05, 4.69) is 10.3 Å². The van der Waals surface area contributed by atoms with Gasteiger partial charge < -0.3 is 10.1 Å². The number of ether oxygens (including phenoxy) is 1. The number of fused-ring (bicyclic) bond motifs is 1. The number of hydrogen-bond donors (Lipinski definition) is 1. The molecule has 0 aliphatic carbocycles. The van der Waals surface area contributed by atoms with Gasteiger partial charge in [-0.25, -0.2) is 9.78 Å². The summed E-state index contributed by atoms with van der Waals surface area (Å²) in [5.74, 6) is -0.939. The van der Waals surface area contributed by atoms with E-state index < -0.39 is 5.97 Å². The van der Waals surface area contributed by atoms with Gasteiger partial charge in [0.2, 0.25) is 0 Å². The van der Waals surface area contributed by atoms with Crippen molar-refractivity contribution >= 4 is 39.8 Å². The maximum Gasteiger partial charge on any atom is 0.339 e. The van der Waals surface area contributed by atoms with Crippen LogP contribution < -0.4 is 5.32 Å². The van der Waals surface area contributed by atoms with Gasteiger partial charge in [-0.15, -0.1) is 11.3 Å². The maximum absolute atomic E-state index is 12.8. The van der Waals surface area contributed by atoms with Gasteiger partial charge in [-0.1, -0.05) is 42.5 Å². The number of nitrogens with one attached hydrogen (secondary N) is 1. The summed E-state index contributed by atoms with van der Waals surface area (Å²) in [5.41, 5.74) is 3.43. The van der Waals surface area contributed by atoms with Crippen LogP contribution in [0, 0.1) is 6.92 Å². The summed E-state index contributed by atoms with van der Waals surface area (Å²) in [7, 11) is 0. The number of aromatic nitrogens is 1. The van der Waals surface area contributed by atoms with Crippen LogP contribution in [0.1, 0.15) is 15.9 Å². The monoisotopic (exact) mass is 402 g/mol. The number of carbonyl (C=O) groups is 2. The molecule has 2 aromatic carbocycles. The van der Waals surface area contributed by atoms with Gasteiger partial charge in [-0.05, 0) is 42.1 Å². The third kappa shape index (κ3) is 4.17. The standard InChI is InChI=1S/C23H18N2O3S/c1-15-7-2-4-9-18(15)25-22(26)14-28-23(27)17-13-20(21-11-6-12-29-21)24-19-10-5-3-8-16(17)19/h2-13H,14H2,1H3,(H,25,26). The molecule has 0 saturated heterocycles. The van der Waals surface area contributed by atoms with Gasteiger partial charge in [0, 0.05) is 11.1 Å². The summed E-state index contributed by atoms with van der Waals surface area (Å²) in [6.45, 7) is 1.54. The molecule has 0 fully saturated rings. The fourth-order valence-corrected chi connectivity index (χ4v) is 3.69. The zero-order chi connectivity index (χ0) is 20.2. The van der Waals surface area contributed by atoms with Crippen molar-refractivity contribution in [2.45, 2.75) is 6.92 Å². The summed E-state index contributed by atoms with van der Waals surface area (Å²) in [6, 6.07) is 20.4. The molecule has 5 nitrogen and oxygen atoms in total. The highest BCUT2D eigenvalue weighted by molar-refractivity contribution is 7.13. The summed E-state index contributed by atoms with van der Waals surface area (Å²) >= 11 is 1.55. The van der Waals surface area contributed by atoms with Crippen LogP contribution in [0.2, 0.25) is 0 Å². The van der Waals surface area contributed by atoms with Crippen molar-refractivity contribution < 1.29 is 14.3 Å². The number of anilines is 1. The Balaban J connectivity index is 1.55. The van der Waals surface area contributed by atoms with Gasteiger partial charge in [0.05, 0.1) is 21.7 Å². The van der Waals surface area contributed by atoms with Crippen LogP contribution in [-0.2, 0) is 9.53 Å². The zero-order valence-corrected chi connectivity index (χ0v) is 16.5. The highest BCUT2D eigenvalue weighted by atomic mass is 32.1. The Morgan fingerprint density at radius 2 is 1.83 bits per heavy atom. The van der Waals surface area contributed by atoms with E-state index in [0.717, 1.165) is 10.4 Å². The minimum atomic E-state index is -0.554.